The van der Waals surface area contributed by atoms with Crippen LogP contribution in [0.25, 0.3) is 0 Å². The van der Waals surface area contributed by atoms with Crippen LogP contribution in [0.15, 0.2) is 18.2 Å². The van der Waals surface area contributed by atoms with Crippen LogP contribution in [0.4, 0.5) is 4.39 Å². The Morgan fingerprint density at radius 1 is 1.39 bits per heavy atom. The Hall–Kier alpha value is -0.940. The number of halogens is 2. The van der Waals surface area contributed by atoms with Crippen LogP contribution in [0, 0.1) is 5.82 Å². The Morgan fingerprint density at radius 2 is 1.94 bits per heavy atom. The lowest BCUT2D eigenvalue weighted by molar-refractivity contribution is -0.120. The predicted octanol–water partition coefficient (Wildman–Crippen LogP) is 2.41. The van der Waals surface area contributed by atoms with E-state index in [9.17, 15) is 17.6 Å². The lowest BCUT2D eigenvalue weighted by atomic mass is 10.0. The van der Waals surface area contributed by atoms with E-state index in [1.807, 2.05) is 0 Å². The molecule has 0 amide bonds. The van der Waals surface area contributed by atoms with Gasteiger partial charge in [0, 0.05) is 12.7 Å². The maximum Gasteiger partial charge on any atom is 0.159 e. The van der Waals surface area contributed by atoms with Crippen molar-refractivity contribution in [2.75, 3.05) is 6.26 Å². The zero-order valence-electron chi connectivity index (χ0n) is 10.3. The maximum atomic E-state index is 13.2. The second-order valence-corrected chi connectivity index (χ2v) is 7.60. The SMILES string of the molecule is CC(C)(C(=O)Cc1ccc(Cl)c(F)c1)S(C)(=O)=O. The zero-order chi connectivity index (χ0) is 14.1. The fraction of sp³-hybridized carbons (Fsp3) is 0.417. The summed E-state index contributed by atoms with van der Waals surface area (Å²) in [5, 5.41) is -0.0337. The molecule has 100 valence electrons. The van der Waals surface area contributed by atoms with Gasteiger partial charge in [-0.05, 0) is 31.5 Å². The number of hydrogen-bond donors (Lipinski definition) is 0. The summed E-state index contributed by atoms with van der Waals surface area (Å²) in [6.07, 6.45) is 0.863. The number of benzene rings is 1. The van der Waals surface area contributed by atoms with E-state index in [4.69, 9.17) is 11.6 Å². The highest BCUT2D eigenvalue weighted by Crippen LogP contribution is 2.21. The van der Waals surface area contributed by atoms with Crippen molar-refractivity contribution in [3.8, 4) is 0 Å². The summed E-state index contributed by atoms with van der Waals surface area (Å²) < 4.78 is 34.7. The number of rotatable bonds is 4. The van der Waals surface area contributed by atoms with Crippen LogP contribution in [0.1, 0.15) is 19.4 Å². The van der Waals surface area contributed by atoms with Crippen LogP contribution < -0.4 is 0 Å². The molecule has 0 atom stereocenters. The highest BCUT2D eigenvalue weighted by atomic mass is 35.5. The van der Waals surface area contributed by atoms with Gasteiger partial charge in [0.25, 0.3) is 0 Å². The van der Waals surface area contributed by atoms with Crippen molar-refractivity contribution in [2.45, 2.75) is 25.0 Å². The molecule has 0 aliphatic carbocycles. The van der Waals surface area contributed by atoms with Crippen LogP contribution in [0.2, 0.25) is 5.02 Å². The molecule has 0 fully saturated rings. The van der Waals surface area contributed by atoms with Crippen molar-refractivity contribution in [3.63, 3.8) is 0 Å². The number of carbonyl (C=O) groups excluding carboxylic acids is 1. The largest absolute Gasteiger partial charge is 0.298 e. The molecule has 0 N–H and O–H groups in total. The van der Waals surface area contributed by atoms with Crippen molar-refractivity contribution < 1.29 is 17.6 Å². The fourth-order valence-corrected chi connectivity index (χ4v) is 1.86. The molecular weight excluding hydrogens is 279 g/mol. The molecule has 0 saturated carbocycles. The summed E-state index contributed by atoms with van der Waals surface area (Å²) in [6, 6.07) is 3.98. The molecule has 1 rings (SSSR count). The van der Waals surface area contributed by atoms with Crippen LogP contribution in [-0.4, -0.2) is 25.2 Å². The minimum atomic E-state index is -3.51. The molecule has 0 radical (unpaired) electrons. The molecule has 0 aliphatic heterocycles. The van der Waals surface area contributed by atoms with Crippen LogP contribution in [0.5, 0.6) is 0 Å². The number of carbonyl (C=O) groups is 1. The molecule has 0 saturated heterocycles. The molecule has 1 aromatic rings. The van der Waals surface area contributed by atoms with E-state index in [1.54, 1.807) is 0 Å². The van der Waals surface area contributed by atoms with Crippen molar-refractivity contribution >= 4 is 27.2 Å². The van der Waals surface area contributed by atoms with Crippen molar-refractivity contribution in [2.24, 2.45) is 0 Å². The molecule has 6 heteroatoms. The van der Waals surface area contributed by atoms with Gasteiger partial charge in [0.15, 0.2) is 15.6 Å². The molecule has 3 nitrogen and oxygen atoms in total. The third kappa shape index (κ3) is 3.09. The highest BCUT2D eigenvalue weighted by molar-refractivity contribution is 7.92. The summed E-state index contributed by atoms with van der Waals surface area (Å²) in [5.41, 5.74) is 0.402. The topological polar surface area (TPSA) is 51.2 Å². The van der Waals surface area contributed by atoms with Crippen molar-refractivity contribution in [3.05, 3.63) is 34.6 Å². The van der Waals surface area contributed by atoms with Crippen LogP contribution >= 0.6 is 11.6 Å². The average Bonchev–Trinajstić information content (AvgIpc) is 2.21. The Balaban J connectivity index is 2.99. The molecular formula is C12H14ClFO3S. The van der Waals surface area contributed by atoms with E-state index in [0.717, 1.165) is 12.3 Å². The lowest BCUT2D eigenvalue weighted by Gasteiger charge is -2.20. The van der Waals surface area contributed by atoms with Gasteiger partial charge in [0.2, 0.25) is 0 Å². The maximum absolute atomic E-state index is 13.2. The minimum Gasteiger partial charge on any atom is -0.298 e. The standard InChI is InChI=1S/C12H14ClFO3S/c1-12(2,18(3,16)17)11(15)7-8-4-5-9(13)10(14)6-8/h4-6H,7H2,1-3H3. The van der Waals surface area contributed by atoms with Crippen LogP contribution in [0.3, 0.4) is 0 Å². The second-order valence-electron chi connectivity index (χ2n) is 4.63. The smallest absolute Gasteiger partial charge is 0.159 e. The monoisotopic (exact) mass is 292 g/mol. The van der Waals surface area contributed by atoms with Gasteiger partial charge in [-0.1, -0.05) is 17.7 Å². The van der Waals surface area contributed by atoms with Gasteiger partial charge < -0.3 is 0 Å². The van der Waals surface area contributed by atoms with Gasteiger partial charge in [0.1, 0.15) is 10.6 Å². The van der Waals surface area contributed by atoms with Gasteiger partial charge in [-0.25, -0.2) is 12.8 Å². The van der Waals surface area contributed by atoms with Gasteiger partial charge in [-0.15, -0.1) is 0 Å². The molecule has 1 aromatic carbocycles. The molecule has 0 aromatic heterocycles. The number of hydrogen-bond acceptors (Lipinski definition) is 3. The normalized spacial score (nSPS) is 12.5. The summed E-state index contributed by atoms with van der Waals surface area (Å²) in [6.45, 7) is 2.69. The van der Waals surface area contributed by atoms with Gasteiger partial charge in [-0.2, -0.15) is 0 Å². The average molecular weight is 293 g/mol. The van der Waals surface area contributed by atoms with E-state index in [-0.39, 0.29) is 11.4 Å². The second kappa shape index (κ2) is 4.97. The molecule has 0 aliphatic rings. The lowest BCUT2D eigenvalue weighted by Crippen LogP contribution is -2.40. The number of ketones is 1. The third-order valence-corrected chi connectivity index (χ3v) is 5.34. The van der Waals surface area contributed by atoms with E-state index in [1.165, 1.54) is 26.0 Å². The minimum absolute atomic E-state index is 0.0337. The highest BCUT2D eigenvalue weighted by Gasteiger charge is 2.37. The van der Waals surface area contributed by atoms with Crippen molar-refractivity contribution in [1.82, 2.24) is 0 Å². The molecule has 0 spiro atoms. The summed E-state index contributed by atoms with van der Waals surface area (Å²) in [4.78, 5) is 11.9. The quantitative estimate of drug-likeness (QED) is 0.856. The molecule has 0 bridgehead atoms. The first kappa shape index (κ1) is 15.1. The fourth-order valence-electron chi connectivity index (χ4n) is 1.25. The Bertz CT molecular complexity index is 579. The number of sulfone groups is 1. The van der Waals surface area contributed by atoms with E-state index >= 15 is 0 Å². The first-order valence-electron chi connectivity index (χ1n) is 5.22. The first-order valence-corrected chi connectivity index (χ1v) is 7.49. The molecule has 0 unspecified atom stereocenters. The summed E-state index contributed by atoms with van der Waals surface area (Å²) >= 11 is 5.52. The number of Topliss-reactive ketones (excluding diaryl/α,β-unsaturated/α-hetero) is 1. The molecule has 0 heterocycles. The van der Waals surface area contributed by atoms with Gasteiger partial charge in [-0.3, -0.25) is 4.79 Å². The third-order valence-electron chi connectivity index (χ3n) is 2.95. The Morgan fingerprint density at radius 3 is 2.39 bits per heavy atom. The summed E-state index contributed by atoms with van der Waals surface area (Å²) in [5.74, 6) is -1.11. The molecule has 18 heavy (non-hydrogen) atoms. The van der Waals surface area contributed by atoms with Gasteiger partial charge >= 0.3 is 0 Å². The van der Waals surface area contributed by atoms with E-state index in [2.05, 4.69) is 0 Å². The van der Waals surface area contributed by atoms with Crippen LogP contribution in [-0.2, 0) is 21.1 Å². The predicted molar refractivity (Wildman–Crippen MR) is 69.0 cm³/mol. The Kier molecular flexibility index (Phi) is 4.18. The summed E-state index contributed by atoms with van der Waals surface area (Å²) in [7, 11) is -3.51. The first-order chi connectivity index (χ1) is 8.05. The zero-order valence-corrected chi connectivity index (χ0v) is 11.9. The van der Waals surface area contributed by atoms with Crippen molar-refractivity contribution in [1.29, 1.82) is 0 Å². The van der Waals surface area contributed by atoms with E-state index < -0.39 is 26.2 Å². The van der Waals surface area contributed by atoms with Gasteiger partial charge in [0.05, 0.1) is 5.02 Å². The Labute approximate surface area is 111 Å². The van der Waals surface area contributed by atoms with E-state index in [0.29, 0.717) is 5.56 Å².